The molecule has 1 aromatic heterocycles. The van der Waals surface area contributed by atoms with Gasteiger partial charge in [0.2, 0.25) is 11.8 Å². The fourth-order valence-corrected chi connectivity index (χ4v) is 2.52. The predicted molar refractivity (Wildman–Crippen MR) is 74.6 cm³/mol. The Bertz CT molecular complexity index is 493. The number of hydrogen-bond acceptors (Lipinski definition) is 4. The molecular formula is C14H22N4O2. The second-order valence-corrected chi connectivity index (χ2v) is 5.22. The standard InChI is InChI=1S/C14H22N4O2/c1-3-11(4-2)18-8-7-10(16-18)9-17-13(19)6-5-12(15)14(17)20/h7-8,11-12H,3-6,9,15H2,1-2H3. The van der Waals surface area contributed by atoms with E-state index in [0.29, 0.717) is 18.9 Å². The highest BCUT2D eigenvalue weighted by Crippen LogP contribution is 2.17. The maximum absolute atomic E-state index is 11.9. The van der Waals surface area contributed by atoms with Crippen LogP contribution in [0.2, 0.25) is 0 Å². The summed E-state index contributed by atoms with van der Waals surface area (Å²) in [7, 11) is 0. The second-order valence-electron chi connectivity index (χ2n) is 5.22. The Morgan fingerprint density at radius 3 is 2.75 bits per heavy atom. The van der Waals surface area contributed by atoms with Gasteiger partial charge in [0.05, 0.1) is 24.3 Å². The molecule has 1 fully saturated rings. The molecule has 0 spiro atoms. The SMILES string of the molecule is CCC(CC)n1ccc(CN2C(=O)CCC(N)C2=O)n1. The number of aromatic nitrogens is 2. The molecule has 110 valence electrons. The first-order valence-corrected chi connectivity index (χ1v) is 7.20. The molecule has 1 aliphatic rings. The Hall–Kier alpha value is -1.69. The molecule has 2 rings (SSSR count). The van der Waals surface area contributed by atoms with Gasteiger partial charge < -0.3 is 5.73 Å². The van der Waals surface area contributed by atoms with Crippen molar-refractivity contribution in [2.75, 3.05) is 0 Å². The molecule has 2 amide bonds. The van der Waals surface area contributed by atoms with Crippen molar-refractivity contribution in [1.82, 2.24) is 14.7 Å². The van der Waals surface area contributed by atoms with Gasteiger partial charge in [-0.2, -0.15) is 5.10 Å². The van der Waals surface area contributed by atoms with E-state index < -0.39 is 6.04 Å². The van der Waals surface area contributed by atoms with Gasteiger partial charge in [-0.3, -0.25) is 19.2 Å². The molecule has 20 heavy (non-hydrogen) atoms. The highest BCUT2D eigenvalue weighted by Gasteiger charge is 2.32. The number of amides is 2. The summed E-state index contributed by atoms with van der Waals surface area (Å²) in [5, 5.41) is 4.47. The third-order valence-corrected chi connectivity index (χ3v) is 3.85. The number of nitrogens with two attached hydrogens (primary N) is 1. The van der Waals surface area contributed by atoms with Crippen LogP contribution in [-0.4, -0.2) is 32.5 Å². The topological polar surface area (TPSA) is 81.2 Å². The van der Waals surface area contributed by atoms with Crippen molar-refractivity contribution < 1.29 is 9.59 Å². The monoisotopic (exact) mass is 278 g/mol. The average molecular weight is 278 g/mol. The Morgan fingerprint density at radius 1 is 1.40 bits per heavy atom. The van der Waals surface area contributed by atoms with Crippen LogP contribution in [-0.2, 0) is 16.1 Å². The summed E-state index contributed by atoms with van der Waals surface area (Å²) >= 11 is 0. The lowest BCUT2D eigenvalue weighted by Crippen LogP contribution is -2.50. The minimum absolute atomic E-state index is 0.159. The first kappa shape index (κ1) is 14.7. The zero-order chi connectivity index (χ0) is 14.7. The van der Waals surface area contributed by atoms with Crippen LogP contribution in [0, 0.1) is 0 Å². The van der Waals surface area contributed by atoms with E-state index in [0.717, 1.165) is 18.5 Å². The average Bonchev–Trinajstić information content (AvgIpc) is 2.89. The van der Waals surface area contributed by atoms with Crippen LogP contribution < -0.4 is 5.73 Å². The summed E-state index contributed by atoms with van der Waals surface area (Å²) in [6, 6.07) is 1.66. The molecular weight excluding hydrogens is 256 g/mol. The molecule has 0 aromatic carbocycles. The van der Waals surface area contributed by atoms with Gasteiger partial charge >= 0.3 is 0 Å². The van der Waals surface area contributed by atoms with Crippen molar-refractivity contribution in [3.05, 3.63) is 18.0 Å². The number of hydrogen-bond donors (Lipinski definition) is 1. The molecule has 1 aromatic rings. The lowest BCUT2D eigenvalue weighted by molar-refractivity contribution is -0.150. The van der Waals surface area contributed by atoms with E-state index in [2.05, 4.69) is 18.9 Å². The van der Waals surface area contributed by atoms with Crippen LogP contribution in [0.1, 0.15) is 51.3 Å². The van der Waals surface area contributed by atoms with Crippen LogP contribution in [0.3, 0.4) is 0 Å². The fourth-order valence-electron chi connectivity index (χ4n) is 2.52. The molecule has 1 unspecified atom stereocenters. The maximum Gasteiger partial charge on any atom is 0.246 e. The molecule has 0 radical (unpaired) electrons. The van der Waals surface area contributed by atoms with Gasteiger partial charge in [0.25, 0.3) is 0 Å². The number of rotatable bonds is 5. The van der Waals surface area contributed by atoms with E-state index in [1.807, 2.05) is 16.9 Å². The smallest absolute Gasteiger partial charge is 0.246 e. The molecule has 2 heterocycles. The first-order valence-electron chi connectivity index (χ1n) is 7.20. The van der Waals surface area contributed by atoms with E-state index in [4.69, 9.17) is 5.73 Å². The van der Waals surface area contributed by atoms with E-state index >= 15 is 0 Å². The van der Waals surface area contributed by atoms with E-state index in [-0.39, 0.29) is 18.4 Å². The molecule has 0 bridgehead atoms. The Morgan fingerprint density at radius 2 is 2.10 bits per heavy atom. The van der Waals surface area contributed by atoms with Crippen LogP contribution >= 0.6 is 0 Å². The minimum atomic E-state index is -0.561. The number of carbonyl (C=O) groups excluding carboxylic acids is 2. The highest BCUT2D eigenvalue weighted by molar-refractivity contribution is 6.00. The van der Waals surface area contributed by atoms with Crippen molar-refractivity contribution in [3.8, 4) is 0 Å². The summed E-state index contributed by atoms with van der Waals surface area (Å²) in [6.45, 7) is 4.46. The maximum atomic E-state index is 11.9. The minimum Gasteiger partial charge on any atom is -0.320 e. The number of carbonyl (C=O) groups is 2. The van der Waals surface area contributed by atoms with Gasteiger partial charge in [-0.05, 0) is 25.3 Å². The van der Waals surface area contributed by atoms with Gasteiger partial charge in [0.15, 0.2) is 0 Å². The van der Waals surface area contributed by atoms with E-state index in [1.165, 1.54) is 4.90 Å². The summed E-state index contributed by atoms with van der Waals surface area (Å²) in [5.41, 5.74) is 6.44. The van der Waals surface area contributed by atoms with Gasteiger partial charge in [0.1, 0.15) is 0 Å². The zero-order valence-electron chi connectivity index (χ0n) is 12.1. The summed E-state index contributed by atoms with van der Waals surface area (Å²) in [6.07, 6.45) is 4.69. The van der Waals surface area contributed by atoms with E-state index in [9.17, 15) is 9.59 Å². The van der Waals surface area contributed by atoms with Crippen LogP contribution in [0.25, 0.3) is 0 Å². The lowest BCUT2D eigenvalue weighted by Gasteiger charge is -2.28. The summed E-state index contributed by atoms with van der Waals surface area (Å²) in [4.78, 5) is 25.0. The van der Waals surface area contributed by atoms with Crippen molar-refractivity contribution in [2.24, 2.45) is 5.73 Å². The second kappa shape index (κ2) is 6.17. The van der Waals surface area contributed by atoms with Crippen molar-refractivity contribution in [2.45, 2.75) is 58.2 Å². The third kappa shape index (κ3) is 2.90. The molecule has 6 heteroatoms. The summed E-state index contributed by atoms with van der Waals surface area (Å²) in [5.74, 6) is -0.452. The predicted octanol–water partition coefficient (Wildman–Crippen LogP) is 1.22. The Balaban J connectivity index is 2.09. The van der Waals surface area contributed by atoms with E-state index in [1.54, 1.807) is 0 Å². The quantitative estimate of drug-likeness (QED) is 0.821. The van der Waals surface area contributed by atoms with Crippen molar-refractivity contribution in [1.29, 1.82) is 0 Å². The molecule has 6 nitrogen and oxygen atoms in total. The third-order valence-electron chi connectivity index (χ3n) is 3.85. The van der Waals surface area contributed by atoms with Crippen molar-refractivity contribution in [3.63, 3.8) is 0 Å². The molecule has 1 saturated heterocycles. The van der Waals surface area contributed by atoms with Crippen LogP contribution in [0.5, 0.6) is 0 Å². The Kier molecular flexibility index (Phi) is 4.54. The Labute approximate surface area is 118 Å². The van der Waals surface area contributed by atoms with Gasteiger partial charge in [-0.25, -0.2) is 0 Å². The van der Waals surface area contributed by atoms with Gasteiger partial charge in [-0.1, -0.05) is 13.8 Å². The number of nitrogens with zero attached hydrogens (tertiary/aromatic N) is 3. The normalized spacial score (nSPS) is 20.0. The molecule has 0 aliphatic carbocycles. The van der Waals surface area contributed by atoms with Crippen LogP contribution in [0.4, 0.5) is 0 Å². The molecule has 2 N–H and O–H groups in total. The number of piperidine rings is 1. The molecule has 1 atom stereocenters. The molecule has 0 saturated carbocycles. The first-order chi connectivity index (χ1) is 9.56. The fraction of sp³-hybridized carbons (Fsp3) is 0.643. The van der Waals surface area contributed by atoms with Gasteiger partial charge in [-0.15, -0.1) is 0 Å². The lowest BCUT2D eigenvalue weighted by atomic mass is 10.1. The van der Waals surface area contributed by atoms with Gasteiger partial charge in [0, 0.05) is 12.6 Å². The molecule has 1 aliphatic heterocycles. The largest absolute Gasteiger partial charge is 0.320 e. The zero-order valence-corrected chi connectivity index (χ0v) is 12.1. The van der Waals surface area contributed by atoms with Crippen molar-refractivity contribution >= 4 is 11.8 Å². The number of imide groups is 1. The van der Waals surface area contributed by atoms with Crippen LogP contribution in [0.15, 0.2) is 12.3 Å². The summed E-state index contributed by atoms with van der Waals surface area (Å²) < 4.78 is 1.91. The number of likely N-dealkylation sites (tertiary alicyclic amines) is 1. The highest BCUT2D eigenvalue weighted by atomic mass is 16.2.